The normalized spacial score (nSPS) is 17.8. The van der Waals surface area contributed by atoms with E-state index in [1.807, 2.05) is 44.2 Å². The van der Waals surface area contributed by atoms with Crippen molar-refractivity contribution >= 4 is 11.7 Å². The molecule has 2 aliphatic rings. The second kappa shape index (κ2) is 8.52. The van der Waals surface area contributed by atoms with Crippen LogP contribution in [0.5, 0.6) is 11.5 Å². The van der Waals surface area contributed by atoms with Gasteiger partial charge in [-0.1, -0.05) is 12.1 Å². The summed E-state index contributed by atoms with van der Waals surface area (Å²) in [7, 11) is 1.80. The van der Waals surface area contributed by atoms with Crippen molar-refractivity contribution in [2.45, 2.75) is 45.4 Å². The molecule has 30 heavy (non-hydrogen) atoms. The van der Waals surface area contributed by atoms with Gasteiger partial charge in [-0.15, -0.1) is 0 Å². The van der Waals surface area contributed by atoms with Gasteiger partial charge in [-0.05, 0) is 51.9 Å². The maximum Gasteiger partial charge on any atom is 0.234 e. The van der Waals surface area contributed by atoms with E-state index < -0.39 is 0 Å². The number of carbonyl (C=O) groups is 2. The van der Waals surface area contributed by atoms with E-state index in [1.165, 1.54) is 0 Å². The van der Waals surface area contributed by atoms with Gasteiger partial charge in [0.25, 0.3) is 0 Å². The summed E-state index contributed by atoms with van der Waals surface area (Å²) in [6.07, 6.45) is 1.99. The lowest BCUT2D eigenvalue weighted by atomic mass is 10.1. The van der Waals surface area contributed by atoms with Crippen molar-refractivity contribution in [3.8, 4) is 11.5 Å². The highest BCUT2D eigenvalue weighted by Crippen LogP contribution is 2.31. The number of benzene rings is 1. The average molecular weight is 412 g/mol. The Morgan fingerprint density at radius 3 is 2.63 bits per heavy atom. The number of nitrogens with one attached hydrogen (secondary N) is 1. The van der Waals surface area contributed by atoms with Crippen molar-refractivity contribution in [2.24, 2.45) is 0 Å². The number of nitrogens with zero attached hydrogens (tertiary/aromatic N) is 2. The second-order valence-electron chi connectivity index (χ2n) is 8.33. The third-order valence-electron chi connectivity index (χ3n) is 5.60. The van der Waals surface area contributed by atoms with Crippen LogP contribution in [0.15, 0.2) is 30.3 Å². The predicted octanol–water partition coefficient (Wildman–Crippen LogP) is 2.34. The molecule has 1 aliphatic heterocycles. The number of amides is 1. The Morgan fingerprint density at radius 1 is 1.17 bits per heavy atom. The van der Waals surface area contributed by atoms with E-state index in [2.05, 4.69) is 9.88 Å². The van der Waals surface area contributed by atoms with Crippen LogP contribution < -0.4 is 14.8 Å². The Hall–Kier alpha value is -2.80. The molecule has 2 aromatic rings. The standard InChI is InChI=1S/C23H29N3O4/c1-15-10-19(20(27)12-25(3)13-23(28)24-17-8-9-17)16(2)26(15)11-18-14-29-21-6-4-5-7-22(21)30-18/h4-7,10,17-18H,8-9,11-14H2,1-3H3,(H,24,28)/t18-/m0/s1. The molecule has 1 aliphatic carbocycles. The first-order valence-corrected chi connectivity index (χ1v) is 10.5. The van der Waals surface area contributed by atoms with E-state index in [0.717, 1.165) is 35.7 Å². The fourth-order valence-corrected chi connectivity index (χ4v) is 3.85. The fraction of sp³-hybridized carbons (Fsp3) is 0.478. The summed E-state index contributed by atoms with van der Waals surface area (Å²) in [4.78, 5) is 26.6. The number of ether oxygens (including phenoxy) is 2. The van der Waals surface area contributed by atoms with Gasteiger partial charge in [-0.3, -0.25) is 14.5 Å². The van der Waals surface area contributed by atoms with E-state index in [4.69, 9.17) is 9.47 Å². The van der Waals surface area contributed by atoms with Gasteiger partial charge in [0.1, 0.15) is 6.61 Å². The van der Waals surface area contributed by atoms with Crippen LogP contribution in [0, 0.1) is 13.8 Å². The number of rotatable bonds is 8. The lowest BCUT2D eigenvalue weighted by Crippen LogP contribution is -2.38. The number of para-hydroxylation sites is 2. The Kier molecular flexibility index (Phi) is 5.81. The number of Topliss-reactive ketones (excluding diaryl/α,β-unsaturated/α-hetero) is 1. The minimum absolute atomic E-state index is 0.0160. The van der Waals surface area contributed by atoms with Gasteiger partial charge in [0, 0.05) is 23.0 Å². The minimum Gasteiger partial charge on any atom is -0.486 e. The van der Waals surface area contributed by atoms with Gasteiger partial charge in [0.15, 0.2) is 23.4 Å². The summed E-state index contributed by atoms with van der Waals surface area (Å²) >= 11 is 0. The molecule has 1 N–H and O–H groups in total. The maximum absolute atomic E-state index is 12.9. The molecule has 0 spiro atoms. The largest absolute Gasteiger partial charge is 0.486 e. The number of carbonyl (C=O) groups excluding carboxylic acids is 2. The number of hydrogen-bond donors (Lipinski definition) is 1. The number of fused-ring (bicyclic) bond motifs is 1. The van der Waals surface area contributed by atoms with Crippen LogP contribution >= 0.6 is 0 Å². The first-order chi connectivity index (χ1) is 14.4. The van der Waals surface area contributed by atoms with E-state index in [-0.39, 0.29) is 30.9 Å². The molecule has 1 saturated carbocycles. The van der Waals surface area contributed by atoms with Crippen molar-refractivity contribution in [1.82, 2.24) is 14.8 Å². The van der Waals surface area contributed by atoms with Gasteiger partial charge in [-0.25, -0.2) is 0 Å². The monoisotopic (exact) mass is 411 g/mol. The van der Waals surface area contributed by atoms with E-state index in [1.54, 1.807) is 11.9 Å². The molecule has 0 radical (unpaired) electrons. The summed E-state index contributed by atoms with van der Waals surface area (Å²) in [5.74, 6) is 1.51. The van der Waals surface area contributed by atoms with Gasteiger partial charge in [0.2, 0.25) is 5.91 Å². The predicted molar refractivity (Wildman–Crippen MR) is 113 cm³/mol. The lowest BCUT2D eigenvalue weighted by Gasteiger charge is -2.27. The summed E-state index contributed by atoms with van der Waals surface area (Å²) in [6, 6.07) is 9.91. The SMILES string of the molecule is Cc1cc(C(=O)CN(C)CC(=O)NC2CC2)c(C)n1C[C@H]1COc2ccccc2O1. The third-order valence-corrected chi connectivity index (χ3v) is 5.60. The summed E-state index contributed by atoms with van der Waals surface area (Å²) in [5, 5.41) is 2.95. The molecule has 1 fully saturated rings. The molecule has 1 aromatic heterocycles. The van der Waals surface area contributed by atoms with E-state index >= 15 is 0 Å². The van der Waals surface area contributed by atoms with Crippen LogP contribution in [-0.2, 0) is 11.3 Å². The molecule has 1 atom stereocenters. The third kappa shape index (κ3) is 4.67. The molecule has 7 nitrogen and oxygen atoms in total. The van der Waals surface area contributed by atoms with Crippen molar-refractivity contribution in [2.75, 3.05) is 26.7 Å². The fourth-order valence-electron chi connectivity index (χ4n) is 3.85. The Balaban J connectivity index is 1.38. The summed E-state index contributed by atoms with van der Waals surface area (Å²) < 4.78 is 14.0. The van der Waals surface area contributed by atoms with Gasteiger partial charge < -0.3 is 19.4 Å². The zero-order chi connectivity index (χ0) is 21.3. The Morgan fingerprint density at radius 2 is 1.90 bits per heavy atom. The van der Waals surface area contributed by atoms with Crippen LogP contribution in [0.1, 0.15) is 34.6 Å². The van der Waals surface area contributed by atoms with Crippen LogP contribution in [0.2, 0.25) is 0 Å². The average Bonchev–Trinajstić information content (AvgIpc) is 3.48. The van der Waals surface area contributed by atoms with E-state index in [0.29, 0.717) is 24.8 Å². The first-order valence-electron chi connectivity index (χ1n) is 10.5. The molecule has 0 saturated heterocycles. The van der Waals surface area contributed by atoms with Gasteiger partial charge in [-0.2, -0.15) is 0 Å². The number of likely N-dealkylation sites (N-methyl/N-ethyl adjacent to an activating group) is 1. The number of hydrogen-bond acceptors (Lipinski definition) is 5. The molecule has 1 aromatic carbocycles. The first kappa shape index (κ1) is 20.5. The minimum atomic E-state index is -0.124. The topological polar surface area (TPSA) is 72.8 Å². The number of ketones is 1. The van der Waals surface area contributed by atoms with Crippen LogP contribution in [0.25, 0.3) is 0 Å². The van der Waals surface area contributed by atoms with Gasteiger partial charge in [0.05, 0.1) is 19.6 Å². The zero-order valence-corrected chi connectivity index (χ0v) is 17.8. The van der Waals surface area contributed by atoms with Crippen molar-refractivity contribution in [3.05, 3.63) is 47.3 Å². The number of aromatic nitrogens is 1. The summed E-state index contributed by atoms with van der Waals surface area (Å²) in [6.45, 7) is 5.47. The molecule has 2 heterocycles. The van der Waals surface area contributed by atoms with Crippen molar-refractivity contribution in [1.29, 1.82) is 0 Å². The van der Waals surface area contributed by atoms with Crippen molar-refractivity contribution in [3.63, 3.8) is 0 Å². The molecule has 4 rings (SSSR count). The molecular weight excluding hydrogens is 382 g/mol. The molecule has 0 bridgehead atoms. The zero-order valence-electron chi connectivity index (χ0n) is 17.8. The highest BCUT2D eigenvalue weighted by atomic mass is 16.6. The van der Waals surface area contributed by atoms with Crippen molar-refractivity contribution < 1.29 is 19.1 Å². The second-order valence-corrected chi connectivity index (χ2v) is 8.33. The number of aryl methyl sites for hydroxylation is 1. The molecule has 160 valence electrons. The molecule has 1 amide bonds. The smallest absolute Gasteiger partial charge is 0.234 e. The lowest BCUT2D eigenvalue weighted by molar-refractivity contribution is -0.121. The highest BCUT2D eigenvalue weighted by molar-refractivity contribution is 5.99. The van der Waals surface area contributed by atoms with Crippen LogP contribution in [0.4, 0.5) is 0 Å². The Labute approximate surface area is 177 Å². The maximum atomic E-state index is 12.9. The quantitative estimate of drug-likeness (QED) is 0.675. The summed E-state index contributed by atoms with van der Waals surface area (Å²) in [5.41, 5.74) is 2.61. The highest BCUT2D eigenvalue weighted by Gasteiger charge is 2.26. The molecule has 7 heteroatoms. The van der Waals surface area contributed by atoms with Crippen LogP contribution in [0.3, 0.4) is 0 Å². The molecular formula is C23H29N3O4. The van der Waals surface area contributed by atoms with Gasteiger partial charge >= 0.3 is 0 Å². The van der Waals surface area contributed by atoms with Crippen LogP contribution in [-0.4, -0.2) is 60.0 Å². The molecule has 0 unspecified atom stereocenters. The van der Waals surface area contributed by atoms with E-state index in [9.17, 15) is 9.59 Å². The Bertz CT molecular complexity index is 948.